The number of hydrogen-bond donors (Lipinski definition) is 19. The van der Waals surface area contributed by atoms with E-state index in [9.17, 15) is 70.2 Å². The lowest BCUT2D eigenvalue weighted by molar-refractivity contribution is -0.334. The molecule has 7 heterocycles. The number of nitrogens with one attached hydrogen (secondary N) is 8. The van der Waals surface area contributed by atoms with Crippen LogP contribution < -0.4 is 62.5 Å². The van der Waals surface area contributed by atoms with Crippen LogP contribution in [0.15, 0.2) is 158 Å². The van der Waals surface area contributed by atoms with Gasteiger partial charge in [0.2, 0.25) is 53.4 Å². The molecule has 0 aliphatic carbocycles. The van der Waals surface area contributed by atoms with Gasteiger partial charge in [-0.3, -0.25) is 33.6 Å². The maximum absolute atomic E-state index is 16.3. The number of aliphatic carboxylic acids is 1. The summed E-state index contributed by atoms with van der Waals surface area (Å²) in [5.74, 6) is -17.1. The molecule has 35 nitrogen and oxygen atoms in total. The summed E-state index contributed by atoms with van der Waals surface area (Å²) in [6, 6.07) is 21.5. The lowest BCUT2D eigenvalue weighted by Crippen LogP contribution is -2.65. The van der Waals surface area contributed by atoms with E-state index in [1.165, 1.54) is 6.07 Å². The Morgan fingerprint density at radius 3 is 1.87 bits per heavy atom. The minimum Gasteiger partial charge on any atom is -0.508 e. The van der Waals surface area contributed by atoms with Crippen LogP contribution in [0.3, 0.4) is 0 Å². The molecule has 0 aromatic heterocycles. The van der Waals surface area contributed by atoms with Crippen LogP contribution in [0.25, 0.3) is 22.3 Å². The zero-order valence-corrected chi connectivity index (χ0v) is 68.6. The monoisotopic (exact) mass is 1770 g/mol. The summed E-state index contributed by atoms with van der Waals surface area (Å²) in [4.78, 5) is 133. The van der Waals surface area contributed by atoms with Gasteiger partial charge in [0.1, 0.15) is 102 Å². The molecule has 15 rings (SSSR count). The maximum atomic E-state index is 16.3. The largest absolute Gasteiger partial charge is 0.508 e. The molecule has 0 spiro atoms. The Hall–Kier alpha value is -11.9. The van der Waals surface area contributed by atoms with Crippen LogP contribution in [0, 0.1) is 5.92 Å². The van der Waals surface area contributed by atoms with Crippen LogP contribution in [0.4, 0.5) is 4.79 Å². The summed E-state index contributed by atoms with van der Waals surface area (Å²) in [5.41, 5.74) is 4.67. The van der Waals surface area contributed by atoms with Gasteiger partial charge in [0.25, 0.3) is 0 Å². The average molecular weight is 1770 g/mol. The van der Waals surface area contributed by atoms with Crippen molar-refractivity contribution < 1.29 is 127 Å². The number of carboxylic acid groups (broad SMARTS) is 1. The van der Waals surface area contributed by atoms with E-state index in [2.05, 4.69) is 42.5 Å². The first-order valence-electron chi connectivity index (χ1n) is 39.1. The van der Waals surface area contributed by atoms with Crippen LogP contribution in [-0.4, -0.2) is 190 Å². The Morgan fingerprint density at radius 1 is 0.637 bits per heavy atom. The summed E-state index contributed by atoms with van der Waals surface area (Å²) in [5, 5.41) is 137. The number of carbonyl (C=O) groups excluding carboxylic acids is 8. The highest BCUT2D eigenvalue weighted by Crippen LogP contribution is 2.50. The SMILES string of the molecule is CC(C)C[C@H](NC(=O)OCc1ccccc1)C(=O)N[C@H]1C(=O)N[C@@H](CC(N)=O)C(=O)N[C@H]2C(=O)NC3C(=O)N[C@H](C(=O)N[C@H](C(=O)O)c4cc(O)cc(O)c4-c4cc3ccc4O)[C@H](O)c3ccc(c(Cl)c3)Oc3cc2cc(c3OC2O[C@H](CO)[C@@H](O)[C@H](O)C2O[C@H]2C[C@](C)(NCc3ccc(-c4ccc(Cl)cc4)cc3)[C@H](O)[C@H](C)O2)Oc2ccc(cc2Cl)[C@H]1O. The number of phenols is 3. The Morgan fingerprint density at radius 2 is 1.25 bits per heavy atom. The van der Waals surface area contributed by atoms with Crippen molar-refractivity contribution in [3.63, 3.8) is 0 Å². The van der Waals surface area contributed by atoms with Gasteiger partial charge in [0.15, 0.2) is 29.9 Å². The van der Waals surface area contributed by atoms with Crippen molar-refractivity contribution in [2.45, 2.75) is 169 Å². The van der Waals surface area contributed by atoms with Gasteiger partial charge in [-0.15, -0.1) is 0 Å². The number of benzene rings is 8. The van der Waals surface area contributed by atoms with Gasteiger partial charge in [-0.05, 0) is 137 Å². The lowest BCUT2D eigenvalue weighted by atomic mass is 9.84. The molecule has 38 heteroatoms. The molecule has 7 aliphatic rings. The molecule has 8 aromatic carbocycles. The number of aromatic hydroxyl groups is 3. The molecule has 8 amide bonds. The molecule has 654 valence electrons. The van der Waals surface area contributed by atoms with Gasteiger partial charge in [-0.1, -0.05) is 134 Å². The number of aliphatic hydroxyl groups excluding tert-OH is 6. The van der Waals surface area contributed by atoms with Crippen molar-refractivity contribution in [2.24, 2.45) is 11.7 Å². The number of ether oxygens (including phenoxy) is 7. The Balaban J connectivity index is 0.968. The maximum Gasteiger partial charge on any atom is 0.408 e. The van der Waals surface area contributed by atoms with E-state index in [-0.39, 0.29) is 48.6 Å². The molecule has 18 atom stereocenters. The van der Waals surface area contributed by atoms with Crippen molar-refractivity contribution in [3.05, 3.63) is 212 Å². The fourth-order valence-electron chi connectivity index (χ4n) is 15.2. The van der Waals surface area contributed by atoms with Crippen molar-refractivity contribution in [1.29, 1.82) is 0 Å². The van der Waals surface area contributed by atoms with Gasteiger partial charge < -0.3 is 132 Å². The second kappa shape index (κ2) is 38.0. The van der Waals surface area contributed by atoms with Crippen LogP contribution in [-0.2, 0) is 70.5 Å². The zero-order valence-electron chi connectivity index (χ0n) is 66.4. The number of primary amides is 1. The minimum absolute atomic E-state index is 0.112. The number of fused-ring (bicyclic) bond motifs is 15. The molecule has 7 aliphatic heterocycles. The third-order valence-electron chi connectivity index (χ3n) is 21.7. The molecule has 3 unspecified atom stereocenters. The van der Waals surface area contributed by atoms with E-state index in [0.717, 1.165) is 89.5 Å². The first-order valence-corrected chi connectivity index (χ1v) is 40.2. The topological polar surface area (TPSA) is 543 Å². The third kappa shape index (κ3) is 20.1. The van der Waals surface area contributed by atoms with E-state index < -0.39 is 254 Å². The summed E-state index contributed by atoms with van der Waals surface area (Å²) in [6.45, 7) is 5.63. The van der Waals surface area contributed by atoms with Crippen LogP contribution in [0.5, 0.6) is 46.0 Å². The number of alkyl carbamates (subject to hydrolysis) is 1. The molecule has 124 heavy (non-hydrogen) atoms. The van der Waals surface area contributed by atoms with Gasteiger partial charge in [0, 0.05) is 46.3 Å². The number of hydrogen-bond acceptors (Lipinski definition) is 26. The molecule has 0 radical (unpaired) electrons. The number of halogens is 3. The number of carboxylic acids is 1. The first-order chi connectivity index (χ1) is 59.0. The summed E-state index contributed by atoms with van der Waals surface area (Å²) in [6.07, 6.45) is -20.5. The fraction of sp³-hybridized carbons (Fsp3) is 0.337. The molecule has 2 saturated heterocycles. The Bertz CT molecular complexity index is 5390. The standard InChI is InChI=1S/C86H88Cl3N9O26/c1-37(2)24-53(93-85(117)118-36-40-8-6-5-7-9-40)77(109)97-68-70(104)44-17-22-57(51(88)26-44)120-59-28-46-29-60(74(59)124-84-75(73(107)72(106)61(35-99)122-84)123-63-33-86(4,76(108)38(3)119-63)91-34-39-10-12-41(13-11-39)42-14-19-47(87)20-15-42)121-58-23-18-45(27-52(58)89)71(105)69-82(114)96-67(83(115)116)50-30-48(100)31-56(102)64(50)49-25-43(16-21-55(49)101)65(79(111)98-69)95-80(112)66(46)94-78(110)54(32-62(90)103)92-81(68)113/h5-23,25-31,37-38,53-54,61,63,65-73,75-76,84,91,99-102,104-108H,24,32-36H2,1-4H3,(H2,90,103)(H,92,113)(H,93,117)(H,94,110)(H,95,112)(H,96,114)(H,97,109)(H,98,111)(H,115,116)/t38-,53-,54-,61+,63-,65?,66+,67-,68+,69-,70+,71+,72+,73-,75?,76+,84?,86-/m0/s1. The van der Waals surface area contributed by atoms with Gasteiger partial charge >= 0.3 is 12.1 Å². The van der Waals surface area contributed by atoms with Crippen LogP contribution >= 0.6 is 34.8 Å². The molecular formula is C86H88Cl3N9O26. The zero-order chi connectivity index (χ0) is 89.0. The number of amides is 8. The van der Waals surface area contributed by atoms with Crippen LogP contribution in [0.1, 0.15) is 116 Å². The fourth-order valence-corrected chi connectivity index (χ4v) is 15.8. The molecule has 0 saturated carbocycles. The van der Waals surface area contributed by atoms with Crippen molar-refractivity contribution >= 4 is 88.2 Å². The second-order valence-corrected chi connectivity index (χ2v) is 32.4. The van der Waals surface area contributed by atoms with E-state index in [1.54, 1.807) is 70.2 Å². The van der Waals surface area contributed by atoms with Crippen molar-refractivity contribution in [2.75, 3.05) is 6.61 Å². The normalized spacial score (nSPS) is 26.0. The van der Waals surface area contributed by atoms with Crippen molar-refractivity contribution in [1.82, 2.24) is 42.5 Å². The van der Waals surface area contributed by atoms with Crippen molar-refractivity contribution in [3.8, 4) is 68.2 Å². The van der Waals surface area contributed by atoms with Gasteiger partial charge in [-0.2, -0.15) is 0 Å². The molecule has 8 aromatic rings. The third-order valence-corrected chi connectivity index (χ3v) is 22.6. The number of nitrogens with two attached hydrogens (primary N) is 1. The summed E-state index contributed by atoms with van der Waals surface area (Å²) < 4.78 is 45.0. The Labute approximate surface area is 722 Å². The molecular weight excluding hydrogens is 1680 g/mol. The number of aliphatic hydroxyl groups is 6. The Kier molecular flexibility index (Phi) is 27.5. The van der Waals surface area contributed by atoms with Gasteiger partial charge in [-0.25, -0.2) is 9.59 Å². The number of phenolic OH excluding ortho intramolecular Hbond substituents is 3. The first kappa shape index (κ1) is 89.8. The molecule has 11 bridgehead atoms. The van der Waals surface area contributed by atoms with Gasteiger partial charge in [0.05, 0.1) is 35.3 Å². The number of carbonyl (C=O) groups is 9. The quantitative estimate of drug-likeness (QED) is 0.0443. The lowest BCUT2D eigenvalue weighted by Gasteiger charge is -2.48. The van der Waals surface area contributed by atoms with E-state index in [4.69, 9.17) is 73.7 Å². The minimum atomic E-state index is -2.42. The van der Waals surface area contributed by atoms with E-state index >= 15 is 24.0 Å². The molecule has 20 N–H and O–H groups in total. The van der Waals surface area contributed by atoms with Crippen LogP contribution in [0.2, 0.25) is 15.1 Å². The average Bonchev–Trinajstić information content (AvgIpc) is 0.768. The summed E-state index contributed by atoms with van der Waals surface area (Å²) in [7, 11) is 0. The predicted octanol–water partition coefficient (Wildman–Crippen LogP) is 5.96. The van der Waals surface area contributed by atoms with E-state index in [0.29, 0.717) is 10.6 Å². The molecule has 2 fully saturated rings. The highest BCUT2D eigenvalue weighted by Gasteiger charge is 2.52. The van der Waals surface area contributed by atoms with E-state index in [1.807, 2.05) is 36.4 Å². The second-order valence-electron chi connectivity index (χ2n) is 31.1. The highest BCUT2D eigenvalue weighted by atomic mass is 35.5. The summed E-state index contributed by atoms with van der Waals surface area (Å²) >= 11 is 20.5. The highest BCUT2D eigenvalue weighted by molar-refractivity contribution is 6.32. The number of rotatable bonds is 19. The smallest absolute Gasteiger partial charge is 0.408 e. The predicted molar refractivity (Wildman–Crippen MR) is 440 cm³/mol.